The fraction of sp³-hybridized carbons (Fsp3) is 0.391. The molecule has 8 heteroatoms. The summed E-state index contributed by atoms with van der Waals surface area (Å²) in [6.45, 7) is 3.31. The van der Waals surface area contributed by atoms with Crippen LogP contribution in [-0.4, -0.2) is 27.4 Å². The number of hydrogen-bond acceptors (Lipinski definition) is 4. The third kappa shape index (κ3) is 4.25. The second-order valence-corrected chi connectivity index (χ2v) is 8.14. The lowest BCUT2D eigenvalue weighted by molar-refractivity contribution is 0.0914. The van der Waals surface area contributed by atoms with Crippen molar-refractivity contribution in [3.05, 3.63) is 64.6 Å². The normalized spacial score (nSPS) is 18.9. The summed E-state index contributed by atoms with van der Waals surface area (Å²) >= 11 is 0. The first-order chi connectivity index (χ1) is 14.8. The van der Waals surface area contributed by atoms with E-state index in [2.05, 4.69) is 10.3 Å². The van der Waals surface area contributed by atoms with Crippen molar-refractivity contribution in [1.82, 2.24) is 14.7 Å². The van der Waals surface area contributed by atoms with Gasteiger partial charge in [0, 0.05) is 18.3 Å². The topological polar surface area (TPSA) is 81.6 Å². The monoisotopic (exact) mass is 428 g/mol. The van der Waals surface area contributed by atoms with E-state index < -0.39 is 11.6 Å². The Balaban J connectivity index is 1.64. The predicted octanol–water partition coefficient (Wildman–Crippen LogP) is 3.81. The molecule has 2 aromatic heterocycles. The largest absolute Gasteiger partial charge is 0.485 e. The molecule has 0 saturated heterocycles. The van der Waals surface area contributed by atoms with Crippen molar-refractivity contribution < 1.29 is 18.3 Å². The van der Waals surface area contributed by atoms with Gasteiger partial charge in [-0.1, -0.05) is 18.9 Å². The number of carbonyl (C=O) groups excluding carboxylic acids is 1. The van der Waals surface area contributed by atoms with Crippen LogP contribution < -0.4 is 15.8 Å². The summed E-state index contributed by atoms with van der Waals surface area (Å²) < 4.78 is 35.4. The van der Waals surface area contributed by atoms with E-state index in [9.17, 15) is 13.6 Å². The minimum Gasteiger partial charge on any atom is -0.485 e. The fourth-order valence-corrected chi connectivity index (χ4v) is 4.13. The van der Waals surface area contributed by atoms with Gasteiger partial charge in [0.25, 0.3) is 5.91 Å². The number of nitrogens with zero attached hydrogens (tertiary/aromatic N) is 2. The van der Waals surface area contributed by atoms with Crippen LogP contribution in [0.5, 0.6) is 5.75 Å². The molecule has 1 amide bonds. The molecule has 0 spiro atoms. The number of nitrogens with two attached hydrogens (primary N) is 1. The number of amides is 1. The van der Waals surface area contributed by atoms with E-state index in [1.807, 2.05) is 6.92 Å². The number of carbonyl (C=O) groups is 1. The highest BCUT2D eigenvalue weighted by Gasteiger charge is 2.27. The molecule has 0 unspecified atom stereocenters. The Kier molecular flexibility index (Phi) is 5.91. The summed E-state index contributed by atoms with van der Waals surface area (Å²) in [5.41, 5.74) is 8.19. The zero-order valence-electron chi connectivity index (χ0n) is 17.6. The van der Waals surface area contributed by atoms with Gasteiger partial charge in [-0.25, -0.2) is 13.8 Å². The maximum atomic E-state index is 14.0. The maximum absolute atomic E-state index is 14.0. The molecule has 0 bridgehead atoms. The van der Waals surface area contributed by atoms with Gasteiger partial charge in [0.2, 0.25) is 0 Å². The molecule has 164 valence electrons. The minimum absolute atomic E-state index is 0.0616. The van der Waals surface area contributed by atoms with E-state index >= 15 is 0 Å². The smallest absolute Gasteiger partial charge is 0.270 e. The van der Waals surface area contributed by atoms with Crippen molar-refractivity contribution in [2.45, 2.75) is 58.2 Å². The van der Waals surface area contributed by atoms with Gasteiger partial charge >= 0.3 is 0 Å². The summed E-state index contributed by atoms with van der Waals surface area (Å²) in [6, 6.07) is 5.28. The summed E-state index contributed by atoms with van der Waals surface area (Å²) in [5.74, 6) is -1.25. The molecule has 0 radical (unpaired) electrons. The average molecular weight is 428 g/mol. The number of aromatic nitrogens is 2. The Hall–Kier alpha value is -3.00. The highest BCUT2D eigenvalue weighted by molar-refractivity contribution is 5.95. The quantitative estimate of drug-likeness (QED) is 0.648. The first kappa shape index (κ1) is 21.2. The molecule has 1 aromatic carbocycles. The molecule has 2 atom stereocenters. The van der Waals surface area contributed by atoms with Crippen molar-refractivity contribution in [1.29, 1.82) is 0 Å². The molecule has 4 rings (SSSR count). The Morgan fingerprint density at radius 1 is 1.26 bits per heavy atom. The molecular weight excluding hydrogens is 402 g/mol. The van der Waals surface area contributed by atoms with Gasteiger partial charge in [-0.3, -0.25) is 9.20 Å². The van der Waals surface area contributed by atoms with Crippen LogP contribution in [0.15, 0.2) is 30.5 Å². The summed E-state index contributed by atoms with van der Waals surface area (Å²) in [4.78, 5) is 17.6. The number of pyridine rings is 1. The van der Waals surface area contributed by atoms with Gasteiger partial charge in [0.15, 0.2) is 11.4 Å². The van der Waals surface area contributed by atoms with Gasteiger partial charge < -0.3 is 15.8 Å². The van der Waals surface area contributed by atoms with Gasteiger partial charge in [-0.15, -0.1) is 0 Å². The molecule has 1 aliphatic carbocycles. The van der Waals surface area contributed by atoms with Crippen LogP contribution in [0.2, 0.25) is 0 Å². The van der Waals surface area contributed by atoms with E-state index in [4.69, 9.17) is 10.5 Å². The third-order valence-electron chi connectivity index (χ3n) is 5.78. The molecule has 1 saturated carbocycles. The van der Waals surface area contributed by atoms with E-state index in [0.29, 0.717) is 22.8 Å². The fourth-order valence-electron chi connectivity index (χ4n) is 4.13. The Labute approximate surface area is 179 Å². The number of halogens is 2. The molecule has 0 aliphatic heterocycles. The lowest BCUT2D eigenvalue weighted by Crippen LogP contribution is -2.49. The van der Waals surface area contributed by atoms with Gasteiger partial charge in [-0.2, -0.15) is 0 Å². The van der Waals surface area contributed by atoms with Crippen LogP contribution in [-0.2, 0) is 6.61 Å². The van der Waals surface area contributed by atoms with E-state index in [1.54, 1.807) is 23.6 Å². The van der Waals surface area contributed by atoms with Gasteiger partial charge in [0.1, 0.15) is 23.9 Å². The number of benzene rings is 1. The molecule has 31 heavy (non-hydrogen) atoms. The number of rotatable bonds is 5. The summed E-state index contributed by atoms with van der Waals surface area (Å²) in [5, 5.41) is 3.05. The Morgan fingerprint density at radius 2 is 1.97 bits per heavy atom. The molecular formula is C23H26F2N4O2. The Bertz CT molecular complexity index is 1110. The van der Waals surface area contributed by atoms with E-state index in [-0.39, 0.29) is 30.2 Å². The van der Waals surface area contributed by atoms with E-state index in [1.165, 1.54) is 18.2 Å². The van der Waals surface area contributed by atoms with Crippen molar-refractivity contribution in [3.8, 4) is 5.75 Å². The van der Waals surface area contributed by atoms with Crippen LogP contribution in [0.25, 0.3) is 5.65 Å². The molecule has 3 N–H and O–H groups in total. The number of hydrogen-bond donors (Lipinski definition) is 2. The van der Waals surface area contributed by atoms with Crippen LogP contribution in [0.3, 0.4) is 0 Å². The van der Waals surface area contributed by atoms with Crippen molar-refractivity contribution in [2.24, 2.45) is 5.73 Å². The molecule has 3 aromatic rings. The maximum Gasteiger partial charge on any atom is 0.270 e. The standard InChI is InChI=1S/C23H26F2N4O2/c1-13-10-20(31-12-15-16(24)6-5-7-17(15)25)22-27-14(2)21(29(22)11-13)23(30)28-19-9-4-3-8-18(19)26/h5-7,10-11,18-19H,3-4,8-9,12,26H2,1-2H3,(H,28,30)/t18-,19-/m1/s1. The van der Waals surface area contributed by atoms with Crippen LogP contribution in [0.1, 0.15) is 53.0 Å². The number of ether oxygens (including phenoxy) is 1. The van der Waals surface area contributed by atoms with Crippen molar-refractivity contribution in [2.75, 3.05) is 0 Å². The number of aryl methyl sites for hydroxylation is 2. The first-order valence-corrected chi connectivity index (χ1v) is 10.5. The second-order valence-electron chi connectivity index (χ2n) is 8.14. The lowest BCUT2D eigenvalue weighted by Gasteiger charge is -2.29. The molecule has 2 heterocycles. The number of imidazole rings is 1. The average Bonchev–Trinajstić information content (AvgIpc) is 3.05. The third-order valence-corrected chi connectivity index (χ3v) is 5.78. The van der Waals surface area contributed by atoms with Gasteiger partial charge in [0.05, 0.1) is 11.3 Å². The highest BCUT2D eigenvalue weighted by atomic mass is 19.1. The van der Waals surface area contributed by atoms with Gasteiger partial charge in [-0.05, 0) is 50.5 Å². The number of fused-ring (bicyclic) bond motifs is 1. The predicted molar refractivity (Wildman–Crippen MR) is 113 cm³/mol. The zero-order valence-corrected chi connectivity index (χ0v) is 17.6. The van der Waals surface area contributed by atoms with Crippen molar-refractivity contribution >= 4 is 11.6 Å². The second kappa shape index (κ2) is 8.63. The van der Waals surface area contributed by atoms with Crippen LogP contribution in [0.4, 0.5) is 8.78 Å². The summed E-state index contributed by atoms with van der Waals surface area (Å²) in [7, 11) is 0. The zero-order chi connectivity index (χ0) is 22.1. The molecule has 1 aliphatic rings. The van der Waals surface area contributed by atoms with Crippen LogP contribution >= 0.6 is 0 Å². The SMILES string of the molecule is Cc1cc(OCc2c(F)cccc2F)c2nc(C)c(C(=O)N[C@@H]3CCCC[C@H]3N)n2c1. The van der Waals surface area contributed by atoms with Crippen molar-refractivity contribution in [3.63, 3.8) is 0 Å². The Morgan fingerprint density at radius 3 is 2.68 bits per heavy atom. The first-order valence-electron chi connectivity index (χ1n) is 10.5. The van der Waals surface area contributed by atoms with E-state index in [0.717, 1.165) is 31.2 Å². The van der Waals surface area contributed by atoms with Crippen LogP contribution in [0, 0.1) is 25.5 Å². The minimum atomic E-state index is -0.674. The molecule has 6 nitrogen and oxygen atoms in total. The lowest BCUT2D eigenvalue weighted by atomic mass is 9.91. The number of nitrogens with one attached hydrogen (secondary N) is 1. The highest BCUT2D eigenvalue weighted by Crippen LogP contribution is 2.26. The summed E-state index contributed by atoms with van der Waals surface area (Å²) in [6.07, 6.45) is 5.64. The molecule has 1 fully saturated rings.